The van der Waals surface area contributed by atoms with Crippen molar-refractivity contribution in [2.45, 2.75) is 19.9 Å². The third kappa shape index (κ3) is 2.97. The number of benzene rings is 1. The van der Waals surface area contributed by atoms with Crippen LogP contribution in [-0.4, -0.2) is 30.0 Å². The predicted octanol–water partition coefficient (Wildman–Crippen LogP) is 1.73. The summed E-state index contributed by atoms with van der Waals surface area (Å²) in [5.74, 6) is 0.577. The number of nitrogens with zero attached hydrogens (tertiary/aromatic N) is 1. The smallest absolute Gasteiger partial charge is 0.250 e. The highest BCUT2D eigenvalue weighted by molar-refractivity contribution is 6.09. The molecule has 0 fully saturated rings. The number of fused-ring (bicyclic) bond motifs is 1. The number of rotatable bonds is 5. The quantitative estimate of drug-likeness (QED) is 0.851. The Bertz CT molecular complexity index is 732. The summed E-state index contributed by atoms with van der Waals surface area (Å²) in [6.45, 7) is 4.24. The maximum atomic E-state index is 12.4. The second kappa shape index (κ2) is 6.10. The van der Waals surface area contributed by atoms with Crippen LogP contribution in [0.4, 0.5) is 0 Å². The average molecular weight is 288 g/mol. The van der Waals surface area contributed by atoms with Gasteiger partial charge in [0.25, 0.3) is 5.56 Å². The van der Waals surface area contributed by atoms with E-state index in [0.717, 1.165) is 5.39 Å². The molecule has 1 heterocycles. The Morgan fingerprint density at radius 1 is 1.29 bits per heavy atom. The van der Waals surface area contributed by atoms with Crippen LogP contribution in [0, 0.1) is 0 Å². The van der Waals surface area contributed by atoms with E-state index < -0.39 is 0 Å². The van der Waals surface area contributed by atoms with E-state index in [1.54, 1.807) is 32.4 Å². The summed E-state index contributed by atoms with van der Waals surface area (Å²) in [5.41, 5.74) is 1.10. The van der Waals surface area contributed by atoms with Crippen LogP contribution < -0.4 is 15.6 Å². The lowest BCUT2D eigenvalue weighted by Crippen LogP contribution is -2.29. The van der Waals surface area contributed by atoms with Crippen LogP contribution in [-0.2, 0) is 7.05 Å². The summed E-state index contributed by atoms with van der Waals surface area (Å²) < 4.78 is 6.81. The van der Waals surface area contributed by atoms with Gasteiger partial charge in [-0.3, -0.25) is 9.59 Å². The molecule has 0 saturated heterocycles. The molecule has 1 aromatic carbocycles. The molecule has 1 N–H and O–H groups in total. The molecule has 0 aliphatic heterocycles. The summed E-state index contributed by atoms with van der Waals surface area (Å²) >= 11 is 0. The minimum Gasteiger partial charge on any atom is -0.495 e. The number of aromatic nitrogens is 1. The Morgan fingerprint density at radius 3 is 2.62 bits per heavy atom. The van der Waals surface area contributed by atoms with Gasteiger partial charge in [-0.25, -0.2) is 0 Å². The fraction of sp³-hybridized carbons (Fsp3) is 0.375. The number of ketones is 1. The lowest BCUT2D eigenvalue weighted by atomic mass is 10.0. The molecule has 1 aromatic heterocycles. The first-order chi connectivity index (χ1) is 9.95. The number of ether oxygens (including phenoxy) is 1. The maximum absolute atomic E-state index is 12.4. The highest BCUT2D eigenvalue weighted by Crippen LogP contribution is 2.27. The zero-order chi connectivity index (χ0) is 15.6. The van der Waals surface area contributed by atoms with Crippen LogP contribution >= 0.6 is 0 Å². The number of Topliss-reactive ketones (excluding diaryl/α,β-unsaturated/α-hetero) is 1. The summed E-state index contributed by atoms with van der Waals surface area (Å²) in [6.07, 6.45) is 0. The monoisotopic (exact) mass is 288 g/mol. The highest BCUT2D eigenvalue weighted by atomic mass is 16.5. The summed E-state index contributed by atoms with van der Waals surface area (Å²) in [6, 6.07) is 6.86. The Labute approximate surface area is 123 Å². The van der Waals surface area contributed by atoms with E-state index in [0.29, 0.717) is 16.8 Å². The van der Waals surface area contributed by atoms with E-state index in [1.165, 1.54) is 10.6 Å². The van der Waals surface area contributed by atoms with Gasteiger partial charge in [0.15, 0.2) is 5.78 Å². The maximum Gasteiger partial charge on any atom is 0.250 e. The first-order valence-corrected chi connectivity index (χ1v) is 6.89. The Hall–Kier alpha value is -2.14. The average Bonchev–Trinajstić information content (AvgIpc) is 2.47. The summed E-state index contributed by atoms with van der Waals surface area (Å²) in [5, 5.41) is 3.84. The van der Waals surface area contributed by atoms with E-state index in [2.05, 4.69) is 5.32 Å². The standard InChI is InChI=1S/C16H20N2O3/c1-10(2)17-9-13(19)11-5-7-14(21-4)16-12(11)6-8-15(20)18(16)3/h5-8,10,17H,9H2,1-4H3. The molecule has 0 spiro atoms. The van der Waals surface area contributed by atoms with Crippen molar-refractivity contribution in [1.29, 1.82) is 0 Å². The molecule has 0 atom stereocenters. The number of hydrogen-bond acceptors (Lipinski definition) is 4. The number of pyridine rings is 1. The summed E-state index contributed by atoms with van der Waals surface area (Å²) in [4.78, 5) is 24.2. The van der Waals surface area contributed by atoms with Gasteiger partial charge in [-0.05, 0) is 18.2 Å². The van der Waals surface area contributed by atoms with Gasteiger partial charge in [-0.2, -0.15) is 0 Å². The topological polar surface area (TPSA) is 60.3 Å². The number of carbonyl (C=O) groups is 1. The molecule has 2 aromatic rings. The fourth-order valence-corrected chi connectivity index (χ4v) is 2.28. The highest BCUT2D eigenvalue weighted by Gasteiger charge is 2.15. The van der Waals surface area contributed by atoms with Crippen molar-refractivity contribution in [3.05, 3.63) is 40.2 Å². The van der Waals surface area contributed by atoms with Crippen LogP contribution in [0.5, 0.6) is 5.75 Å². The summed E-state index contributed by atoms with van der Waals surface area (Å²) in [7, 11) is 3.22. The van der Waals surface area contributed by atoms with Crippen molar-refractivity contribution >= 4 is 16.7 Å². The van der Waals surface area contributed by atoms with Crippen LogP contribution in [0.1, 0.15) is 24.2 Å². The van der Waals surface area contributed by atoms with Gasteiger partial charge < -0.3 is 14.6 Å². The van der Waals surface area contributed by atoms with E-state index in [4.69, 9.17) is 4.74 Å². The van der Waals surface area contributed by atoms with Gasteiger partial charge in [-0.1, -0.05) is 13.8 Å². The zero-order valence-electron chi connectivity index (χ0n) is 12.8. The van der Waals surface area contributed by atoms with Crippen molar-refractivity contribution in [3.8, 4) is 5.75 Å². The minimum atomic E-state index is -0.134. The molecule has 0 aliphatic carbocycles. The van der Waals surface area contributed by atoms with Gasteiger partial charge >= 0.3 is 0 Å². The predicted molar refractivity (Wildman–Crippen MR) is 83.2 cm³/mol. The number of methoxy groups -OCH3 is 1. The van der Waals surface area contributed by atoms with E-state index in [9.17, 15) is 9.59 Å². The normalized spacial score (nSPS) is 11.1. The Morgan fingerprint density at radius 2 is 2.00 bits per heavy atom. The van der Waals surface area contributed by atoms with Crippen LogP contribution in [0.25, 0.3) is 10.9 Å². The molecule has 0 aliphatic rings. The number of carbonyl (C=O) groups excluding carboxylic acids is 1. The largest absolute Gasteiger partial charge is 0.495 e. The lowest BCUT2D eigenvalue weighted by molar-refractivity contribution is 0.0990. The molecule has 0 radical (unpaired) electrons. The molecule has 5 heteroatoms. The first kappa shape index (κ1) is 15.3. The molecule has 21 heavy (non-hydrogen) atoms. The van der Waals surface area contributed by atoms with Crippen molar-refractivity contribution in [2.24, 2.45) is 7.05 Å². The van der Waals surface area contributed by atoms with Crippen LogP contribution in [0.3, 0.4) is 0 Å². The Balaban J connectivity index is 2.59. The Kier molecular flexibility index (Phi) is 4.43. The van der Waals surface area contributed by atoms with Crippen molar-refractivity contribution in [2.75, 3.05) is 13.7 Å². The SMILES string of the molecule is COc1ccc(C(=O)CNC(C)C)c2ccc(=O)n(C)c12. The molecule has 2 rings (SSSR count). The van der Waals surface area contributed by atoms with Gasteiger partial charge in [0.2, 0.25) is 0 Å². The van der Waals surface area contributed by atoms with Crippen LogP contribution in [0.15, 0.2) is 29.1 Å². The zero-order valence-corrected chi connectivity index (χ0v) is 12.8. The van der Waals surface area contributed by atoms with Gasteiger partial charge in [0.1, 0.15) is 5.75 Å². The van der Waals surface area contributed by atoms with E-state index >= 15 is 0 Å². The third-order valence-corrected chi connectivity index (χ3v) is 3.43. The molecule has 0 unspecified atom stereocenters. The number of nitrogens with one attached hydrogen (secondary N) is 1. The second-order valence-electron chi connectivity index (χ2n) is 5.27. The molecule has 0 bridgehead atoms. The molecule has 0 saturated carbocycles. The van der Waals surface area contributed by atoms with Gasteiger partial charge in [0, 0.05) is 30.1 Å². The lowest BCUT2D eigenvalue weighted by Gasteiger charge is -2.13. The molecule has 5 nitrogen and oxygen atoms in total. The van der Waals surface area contributed by atoms with E-state index in [-0.39, 0.29) is 23.9 Å². The van der Waals surface area contributed by atoms with Crippen molar-refractivity contribution in [1.82, 2.24) is 9.88 Å². The minimum absolute atomic E-state index is 0.00463. The van der Waals surface area contributed by atoms with Crippen molar-refractivity contribution < 1.29 is 9.53 Å². The molecule has 0 amide bonds. The fourth-order valence-electron chi connectivity index (χ4n) is 2.28. The number of hydrogen-bond donors (Lipinski definition) is 1. The second-order valence-corrected chi connectivity index (χ2v) is 5.27. The first-order valence-electron chi connectivity index (χ1n) is 6.89. The third-order valence-electron chi connectivity index (χ3n) is 3.43. The van der Waals surface area contributed by atoms with Crippen LogP contribution in [0.2, 0.25) is 0 Å². The molecular weight excluding hydrogens is 268 g/mol. The number of aryl methyl sites for hydroxylation is 1. The molecule has 112 valence electrons. The van der Waals surface area contributed by atoms with E-state index in [1.807, 2.05) is 13.8 Å². The van der Waals surface area contributed by atoms with Crippen molar-refractivity contribution in [3.63, 3.8) is 0 Å². The molecular formula is C16H20N2O3. The van der Waals surface area contributed by atoms with Gasteiger partial charge in [-0.15, -0.1) is 0 Å². The van der Waals surface area contributed by atoms with Gasteiger partial charge in [0.05, 0.1) is 19.2 Å².